The smallest absolute Gasteiger partial charge is 0.0322 e. The highest BCUT2D eigenvalue weighted by molar-refractivity contribution is 5.25. The zero-order valence-corrected chi connectivity index (χ0v) is 13.8. The van der Waals surface area contributed by atoms with Gasteiger partial charge in [0.1, 0.15) is 0 Å². The molecule has 1 N–H and O–H groups in total. The van der Waals surface area contributed by atoms with Crippen LogP contribution in [0.1, 0.15) is 69.5 Å². The molecule has 1 heteroatoms. The molecule has 0 heterocycles. The summed E-state index contributed by atoms with van der Waals surface area (Å²) in [5, 5.41) is 3.81. The van der Waals surface area contributed by atoms with Crippen molar-refractivity contribution in [3.63, 3.8) is 0 Å². The highest BCUT2D eigenvalue weighted by atomic mass is 14.9. The fraction of sp³-hybridized carbons (Fsp3) is 0.700. The third-order valence-corrected chi connectivity index (χ3v) is 5.85. The van der Waals surface area contributed by atoms with Crippen LogP contribution in [-0.4, -0.2) is 6.54 Å². The number of fused-ring (bicyclic) bond motifs is 2. The SMILES string of the molecule is CCCNC(CC1CC2CCC1C2)c1ccc(CC)cc1. The summed E-state index contributed by atoms with van der Waals surface area (Å²) < 4.78 is 0. The molecule has 0 aliphatic heterocycles. The summed E-state index contributed by atoms with van der Waals surface area (Å²) in [6, 6.07) is 9.92. The van der Waals surface area contributed by atoms with Crippen LogP contribution in [0.25, 0.3) is 0 Å². The van der Waals surface area contributed by atoms with Crippen LogP contribution >= 0.6 is 0 Å². The lowest BCUT2D eigenvalue weighted by Gasteiger charge is -2.28. The van der Waals surface area contributed by atoms with E-state index in [-0.39, 0.29) is 0 Å². The van der Waals surface area contributed by atoms with Crippen molar-refractivity contribution in [3.05, 3.63) is 35.4 Å². The summed E-state index contributed by atoms with van der Waals surface area (Å²) in [4.78, 5) is 0. The van der Waals surface area contributed by atoms with E-state index in [9.17, 15) is 0 Å². The van der Waals surface area contributed by atoms with E-state index in [2.05, 4.69) is 43.4 Å². The lowest BCUT2D eigenvalue weighted by Crippen LogP contribution is -2.26. The molecule has 0 amide bonds. The Balaban J connectivity index is 1.67. The molecule has 21 heavy (non-hydrogen) atoms. The van der Waals surface area contributed by atoms with Gasteiger partial charge in [-0.05, 0) is 74.0 Å². The summed E-state index contributed by atoms with van der Waals surface area (Å²) in [5.74, 6) is 3.08. The van der Waals surface area contributed by atoms with E-state index in [1.54, 1.807) is 0 Å². The van der Waals surface area contributed by atoms with E-state index in [1.807, 2.05) is 0 Å². The number of benzene rings is 1. The van der Waals surface area contributed by atoms with Crippen molar-refractivity contribution in [2.45, 2.75) is 64.8 Å². The number of hydrogen-bond donors (Lipinski definition) is 1. The molecule has 4 unspecified atom stereocenters. The molecule has 4 atom stereocenters. The van der Waals surface area contributed by atoms with Crippen LogP contribution in [0.4, 0.5) is 0 Å². The van der Waals surface area contributed by atoms with Gasteiger partial charge in [0.25, 0.3) is 0 Å². The van der Waals surface area contributed by atoms with E-state index in [0.29, 0.717) is 6.04 Å². The Hall–Kier alpha value is -0.820. The Labute approximate surface area is 130 Å². The number of nitrogens with one attached hydrogen (secondary N) is 1. The Kier molecular flexibility index (Phi) is 5.00. The van der Waals surface area contributed by atoms with Crippen LogP contribution in [0.3, 0.4) is 0 Å². The molecule has 1 aromatic carbocycles. The van der Waals surface area contributed by atoms with Gasteiger partial charge in [-0.1, -0.05) is 44.5 Å². The molecule has 0 spiro atoms. The molecule has 0 aromatic heterocycles. The Morgan fingerprint density at radius 2 is 1.90 bits per heavy atom. The number of hydrogen-bond acceptors (Lipinski definition) is 1. The second kappa shape index (κ2) is 6.96. The Morgan fingerprint density at radius 3 is 2.48 bits per heavy atom. The van der Waals surface area contributed by atoms with E-state index < -0.39 is 0 Å². The third-order valence-electron chi connectivity index (χ3n) is 5.85. The monoisotopic (exact) mass is 285 g/mol. The first kappa shape index (κ1) is 15.1. The fourth-order valence-electron chi connectivity index (χ4n) is 4.61. The van der Waals surface area contributed by atoms with Gasteiger partial charge in [0.15, 0.2) is 0 Å². The highest BCUT2D eigenvalue weighted by Crippen LogP contribution is 2.50. The minimum Gasteiger partial charge on any atom is -0.310 e. The van der Waals surface area contributed by atoms with Gasteiger partial charge >= 0.3 is 0 Å². The van der Waals surface area contributed by atoms with Gasteiger partial charge < -0.3 is 5.32 Å². The molecule has 3 rings (SSSR count). The molecule has 1 nitrogen and oxygen atoms in total. The van der Waals surface area contributed by atoms with Gasteiger partial charge in [-0.25, -0.2) is 0 Å². The van der Waals surface area contributed by atoms with Crippen LogP contribution in [0.2, 0.25) is 0 Å². The van der Waals surface area contributed by atoms with Crippen molar-refractivity contribution >= 4 is 0 Å². The maximum atomic E-state index is 3.81. The van der Waals surface area contributed by atoms with Crippen LogP contribution in [0, 0.1) is 17.8 Å². The summed E-state index contributed by atoms with van der Waals surface area (Å²) in [7, 11) is 0. The largest absolute Gasteiger partial charge is 0.310 e. The quantitative estimate of drug-likeness (QED) is 0.733. The molecule has 2 bridgehead atoms. The highest BCUT2D eigenvalue weighted by Gasteiger charge is 2.40. The van der Waals surface area contributed by atoms with Crippen molar-refractivity contribution < 1.29 is 0 Å². The summed E-state index contributed by atoms with van der Waals surface area (Å²) >= 11 is 0. The van der Waals surface area contributed by atoms with E-state index in [1.165, 1.54) is 49.7 Å². The minimum absolute atomic E-state index is 0.570. The molecule has 2 aliphatic rings. The second-order valence-corrected chi connectivity index (χ2v) is 7.27. The van der Waals surface area contributed by atoms with Crippen LogP contribution in [-0.2, 0) is 6.42 Å². The minimum atomic E-state index is 0.570. The van der Waals surface area contributed by atoms with Crippen LogP contribution in [0.15, 0.2) is 24.3 Å². The standard InChI is InChI=1S/C20H31N/c1-3-11-21-20(17-8-5-15(4-2)6-9-17)14-19-13-16-7-10-18(19)12-16/h5-6,8-9,16,18-21H,3-4,7,10-14H2,1-2H3. The first-order valence-corrected chi connectivity index (χ1v) is 9.12. The fourth-order valence-corrected chi connectivity index (χ4v) is 4.61. The topological polar surface area (TPSA) is 12.0 Å². The molecule has 0 radical (unpaired) electrons. The second-order valence-electron chi connectivity index (χ2n) is 7.27. The summed E-state index contributed by atoms with van der Waals surface area (Å²) in [5.41, 5.74) is 2.95. The van der Waals surface area contributed by atoms with E-state index >= 15 is 0 Å². The zero-order valence-electron chi connectivity index (χ0n) is 13.8. The van der Waals surface area contributed by atoms with Gasteiger partial charge in [-0.2, -0.15) is 0 Å². The van der Waals surface area contributed by atoms with Crippen molar-refractivity contribution in [1.29, 1.82) is 0 Å². The molecule has 116 valence electrons. The van der Waals surface area contributed by atoms with Gasteiger partial charge in [-0.3, -0.25) is 0 Å². The van der Waals surface area contributed by atoms with Crippen molar-refractivity contribution in [3.8, 4) is 0 Å². The maximum Gasteiger partial charge on any atom is 0.0322 e. The first-order valence-electron chi connectivity index (χ1n) is 9.12. The average molecular weight is 285 g/mol. The van der Waals surface area contributed by atoms with E-state index in [0.717, 1.165) is 30.7 Å². The van der Waals surface area contributed by atoms with Crippen molar-refractivity contribution in [2.75, 3.05) is 6.54 Å². The van der Waals surface area contributed by atoms with Crippen LogP contribution < -0.4 is 5.32 Å². The Morgan fingerprint density at radius 1 is 1.10 bits per heavy atom. The number of aryl methyl sites for hydroxylation is 1. The van der Waals surface area contributed by atoms with Gasteiger partial charge in [0, 0.05) is 6.04 Å². The summed E-state index contributed by atoms with van der Waals surface area (Å²) in [6.07, 6.45) is 9.76. The third kappa shape index (κ3) is 3.51. The molecule has 2 fully saturated rings. The Bertz CT molecular complexity index is 436. The molecule has 2 aliphatic carbocycles. The van der Waals surface area contributed by atoms with E-state index in [4.69, 9.17) is 0 Å². The average Bonchev–Trinajstić information content (AvgIpc) is 3.14. The molecule has 1 aromatic rings. The summed E-state index contributed by atoms with van der Waals surface area (Å²) in [6.45, 7) is 5.64. The molecule has 0 saturated heterocycles. The molecular weight excluding hydrogens is 254 g/mol. The zero-order chi connectivity index (χ0) is 14.7. The molecule has 2 saturated carbocycles. The van der Waals surface area contributed by atoms with Crippen LogP contribution in [0.5, 0.6) is 0 Å². The lowest BCUT2D eigenvalue weighted by molar-refractivity contribution is 0.279. The van der Waals surface area contributed by atoms with Gasteiger partial charge in [0.2, 0.25) is 0 Å². The predicted molar refractivity (Wildman–Crippen MR) is 90.4 cm³/mol. The normalized spacial score (nSPS) is 29.0. The maximum absolute atomic E-state index is 3.81. The lowest BCUT2D eigenvalue weighted by atomic mass is 9.82. The van der Waals surface area contributed by atoms with Crippen molar-refractivity contribution in [1.82, 2.24) is 5.32 Å². The van der Waals surface area contributed by atoms with Gasteiger partial charge in [-0.15, -0.1) is 0 Å². The predicted octanol–water partition coefficient (Wildman–Crippen LogP) is 5.12. The van der Waals surface area contributed by atoms with Crippen molar-refractivity contribution in [2.24, 2.45) is 17.8 Å². The van der Waals surface area contributed by atoms with Gasteiger partial charge in [0.05, 0.1) is 0 Å². The first-order chi connectivity index (χ1) is 10.3. The molecular formula is C20H31N. The number of rotatable bonds is 7.